The molecule has 0 aliphatic rings. The number of ether oxygens (including phenoxy) is 2. The molecule has 30 heavy (non-hydrogen) atoms. The summed E-state index contributed by atoms with van der Waals surface area (Å²) in [6, 6.07) is 5.30. The van der Waals surface area contributed by atoms with Gasteiger partial charge in [0.15, 0.2) is 11.5 Å². The highest BCUT2D eigenvalue weighted by Crippen LogP contribution is 2.28. The van der Waals surface area contributed by atoms with Gasteiger partial charge in [-0.05, 0) is 37.1 Å². The molecule has 8 heteroatoms. The third-order valence-corrected chi connectivity index (χ3v) is 4.28. The zero-order valence-electron chi connectivity index (χ0n) is 18.0. The second kappa shape index (κ2) is 15.1. The number of hydrogen-bond donors (Lipinski definition) is 2. The molecule has 2 N–H and O–H groups in total. The van der Waals surface area contributed by atoms with Crippen LogP contribution in [0.25, 0.3) is 0 Å². The molecule has 0 spiro atoms. The first kappa shape index (κ1) is 25.3. The first-order valence-electron chi connectivity index (χ1n) is 10.6. The van der Waals surface area contributed by atoms with Crippen LogP contribution in [-0.4, -0.2) is 59.7 Å². The minimum Gasteiger partial charge on any atom is -0.490 e. The number of carboxylic acids is 2. The third-order valence-electron chi connectivity index (χ3n) is 4.28. The van der Waals surface area contributed by atoms with Crippen LogP contribution in [0.5, 0.6) is 11.5 Å². The molecule has 0 unspecified atom stereocenters. The van der Waals surface area contributed by atoms with Crippen LogP contribution in [0, 0.1) is 0 Å². The van der Waals surface area contributed by atoms with Crippen molar-refractivity contribution in [1.82, 2.24) is 5.01 Å². The van der Waals surface area contributed by atoms with Gasteiger partial charge in [0.25, 0.3) is 0 Å². The summed E-state index contributed by atoms with van der Waals surface area (Å²) >= 11 is 0. The molecule has 1 rings (SSSR count). The van der Waals surface area contributed by atoms with Crippen LogP contribution < -0.4 is 9.47 Å². The van der Waals surface area contributed by atoms with E-state index in [4.69, 9.17) is 19.7 Å². The number of unbranched alkanes of at least 4 members (excludes halogenated alkanes) is 6. The molecular weight excluding hydrogens is 388 g/mol. The van der Waals surface area contributed by atoms with E-state index in [-0.39, 0.29) is 0 Å². The molecule has 8 nitrogen and oxygen atoms in total. The third kappa shape index (κ3) is 11.3. The molecule has 0 saturated heterocycles. The van der Waals surface area contributed by atoms with Gasteiger partial charge in [-0.1, -0.05) is 45.4 Å². The smallest absolute Gasteiger partial charge is 0.324 e. The van der Waals surface area contributed by atoms with E-state index in [2.05, 4.69) is 12.0 Å². The molecule has 0 bridgehead atoms. The SMILES string of the molecule is CCCCCCCCCOc1ccc(/C=N\N(CC(=O)O)CC(=O)O)cc1OCC. The van der Waals surface area contributed by atoms with Crippen molar-refractivity contribution in [1.29, 1.82) is 0 Å². The fourth-order valence-electron chi connectivity index (χ4n) is 2.83. The molecule has 1 aromatic carbocycles. The van der Waals surface area contributed by atoms with E-state index in [1.54, 1.807) is 18.2 Å². The van der Waals surface area contributed by atoms with Crippen molar-refractivity contribution < 1.29 is 29.3 Å². The highest BCUT2D eigenvalue weighted by molar-refractivity contribution is 5.81. The Labute approximate surface area is 178 Å². The van der Waals surface area contributed by atoms with Crippen molar-refractivity contribution in [3.63, 3.8) is 0 Å². The average Bonchev–Trinajstić information content (AvgIpc) is 2.68. The van der Waals surface area contributed by atoms with Gasteiger partial charge in [0.1, 0.15) is 13.1 Å². The Balaban J connectivity index is 2.64. The van der Waals surface area contributed by atoms with Gasteiger partial charge in [0.05, 0.1) is 19.4 Å². The lowest BCUT2D eigenvalue weighted by atomic mass is 10.1. The van der Waals surface area contributed by atoms with Crippen LogP contribution in [-0.2, 0) is 9.59 Å². The fraction of sp³-hybridized carbons (Fsp3) is 0.591. The topological polar surface area (TPSA) is 109 Å². The summed E-state index contributed by atoms with van der Waals surface area (Å²) in [5.74, 6) is -1.09. The highest BCUT2D eigenvalue weighted by atomic mass is 16.5. The molecule has 0 heterocycles. The number of rotatable bonds is 17. The zero-order chi connectivity index (χ0) is 22.2. The number of hydrogen-bond acceptors (Lipinski definition) is 6. The molecule has 0 aromatic heterocycles. The standard InChI is InChI=1S/C22H34N2O6/c1-3-5-6-7-8-9-10-13-30-19-12-11-18(14-20(19)29-4-2)15-23-24(16-21(25)26)17-22(27)28/h11-12,14-15H,3-10,13,16-17H2,1-2H3,(H,25,26)(H,27,28)/b23-15-. The lowest BCUT2D eigenvalue weighted by molar-refractivity contribution is -0.141. The molecule has 0 aliphatic heterocycles. The molecule has 0 amide bonds. The van der Waals surface area contributed by atoms with Crippen molar-refractivity contribution in [3.8, 4) is 11.5 Å². The molecule has 1 aromatic rings. The van der Waals surface area contributed by atoms with E-state index in [1.807, 2.05) is 6.92 Å². The molecule has 168 valence electrons. The normalized spacial score (nSPS) is 10.9. The lowest BCUT2D eigenvalue weighted by Crippen LogP contribution is -2.30. The Bertz CT molecular complexity index is 662. The number of hydrazone groups is 1. The average molecular weight is 423 g/mol. The molecular formula is C22H34N2O6. The summed E-state index contributed by atoms with van der Waals surface area (Å²) in [4.78, 5) is 21.7. The summed E-state index contributed by atoms with van der Waals surface area (Å²) in [7, 11) is 0. The maximum atomic E-state index is 10.9. The zero-order valence-corrected chi connectivity index (χ0v) is 18.0. The molecule has 0 saturated carbocycles. The minimum absolute atomic E-state index is 0.471. The van der Waals surface area contributed by atoms with Gasteiger partial charge in [-0.15, -0.1) is 0 Å². The van der Waals surface area contributed by atoms with Crippen LogP contribution in [0.15, 0.2) is 23.3 Å². The van der Waals surface area contributed by atoms with Gasteiger partial charge < -0.3 is 19.7 Å². The van der Waals surface area contributed by atoms with Gasteiger partial charge in [0.2, 0.25) is 0 Å². The van der Waals surface area contributed by atoms with E-state index >= 15 is 0 Å². The molecule has 0 aliphatic carbocycles. The van der Waals surface area contributed by atoms with E-state index in [9.17, 15) is 9.59 Å². The predicted octanol–water partition coefficient (Wildman–Crippen LogP) is 4.02. The predicted molar refractivity (Wildman–Crippen MR) is 116 cm³/mol. The number of carboxylic acid groups (broad SMARTS) is 2. The van der Waals surface area contributed by atoms with Gasteiger partial charge in [-0.3, -0.25) is 14.6 Å². The van der Waals surface area contributed by atoms with E-state index in [0.29, 0.717) is 30.3 Å². The number of benzene rings is 1. The summed E-state index contributed by atoms with van der Waals surface area (Å²) in [5, 5.41) is 22.7. The number of carbonyl (C=O) groups is 2. The lowest BCUT2D eigenvalue weighted by Gasteiger charge is -2.14. The Kier molecular flexibility index (Phi) is 12.7. The second-order valence-electron chi connectivity index (χ2n) is 6.96. The molecule has 0 radical (unpaired) electrons. The van der Waals surface area contributed by atoms with Crippen molar-refractivity contribution >= 4 is 18.2 Å². The minimum atomic E-state index is -1.16. The van der Waals surface area contributed by atoms with Crippen LogP contribution >= 0.6 is 0 Å². The Morgan fingerprint density at radius 3 is 2.17 bits per heavy atom. The fourth-order valence-corrected chi connectivity index (χ4v) is 2.83. The van der Waals surface area contributed by atoms with Gasteiger partial charge in [-0.2, -0.15) is 5.10 Å². The summed E-state index contributed by atoms with van der Waals surface area (Å²) in [6.07, 6.45) is 9.88. The Hall–Kier alpha value is -2.77. The Morgan fingerprint density at radius 2 is 1.57 bits per heavy atom. The van der Waals surface area contributed by atoms with Crippen LogP contribution in [0.4, 0.5) is 0 Å². The summed E-state index contributed by atoms with van der Waals surface area (Å²) in [6.45, 7) is 4.18. The maximum Gasteiger partial charge on any atom is 0.324 e. The van der Waals surface area contributed by atoms with Crippen LogP contribution in [0.3, 0.4) is 0 Å². The summed E-state index contributed by atoms with van der Waals surface area (Å²) in [5.41, 5.74) is 0.655. The first-order valence-corrected chi connectivity index (χ1v) is 10.6. The largest absolute Gasteiger partial charge is 0.490 e. The van der Waals surface area contributed by atoms with Crippen molar-refractivity contribution in [2.75, 3.05) is 26.3 Å². The van der Waals surface area contributed by atoms with Crippen LogP contribution in [0.1, 0.15) is 64.4 Å². The first-order chi connectivity index (χ1) is 14.5. The quantitative estimate of drug-likeness (QED) is 0.222. The summed E-state index contributed by atoms with van der Waals surface area (Å²) < 4.78 is 11.5. The number of nitrogens with zero attached hydrogens (tertiary/aromatic N) is 2. The van der Waals surface area contributed by atoms with Crippen LogP contribution in [0.2, 0.25) is 0 Å². The van der Waals surface area contributed by atoms with Gasteiger partial charge in [0, 0.05) is 0 Å². The second-order valence-corrected chi connectivity index (χ2v) is 6.96. The van der Waals surface area contributed by atoms with Crippen molar-refractivity contribution in [3.05, 3.63) is 23.8 Å². The van der Waals surface area contributed by atoms with E-state index in [0.717, 1.165) is 17.9 Å². The van der Waals surface area contributed by atoms with Crippen molar-refractivity contribution in [2.24, 2.45) is 5.10 Å². The van der Waals surface area contributed by atoms with E-state index < -0.39 is 25.0 Å². The maximum absolute atomic E-state index is 10.9. The number of aliphatic carboxylic acids is 2. The monoisotopic (exact) mass is 422 g/mol. The molecule has 0 atom stereocenters. The molecule has 0 fully saturated rings. The highest BCUT2D eigenvalue weighted by Gasteiger charge is 2.11. The van der Waals surface area contributed by atoms with Gasteiger partial charge in [-0.25, -0.2) is 0 Å². The Morgan fingerprint density at radius 1 is 0.933 bits per heavy atom. The van der Waals surface area contributed by atoms with E-state index in [1.165, 1.54) is 38.3 Å². The van der Waals surface area contributed by atoms with Crippen molar-refractivity contribution in [2.45, 2.75) is 58.8 Å². The van der Waals surface area contributed by atoms with Gasteiger partial charge >= 0.3 is 11.9 Å².